The lowest BCUT2D eigenvalue weighted by Crippen LogP contribution is -2.21. The highest BCUT2D eigenvalue weighted by atomic mass is 32.1. The molecular weight excluding hydrogens is 282 g/mol. The fraction of sp³-hybridized carbons (Fsp3) is 0.438. The highest BCUT2D eigenvalue weighted by molar-refractivity contribution is 7.10. The van der Waals surface area contributed by atoms with Gasteiger partial charge in [0.1, 0.15) is 0 Å². The molecule has 0 saturated carbocycles. The van der Waals surface area contributed by atoms with Crippen molar-refractivity contribution in [2.75, 3.05) is 11.4 Å². The molecule has 2 aromatic rings. The van der Waals surface area contributed by atoms with Crippen LogP contribution in [0.5, 0.6) is 0 Å². The first-order valence-corrected chi connectivity index (χ1v) is 8.07. The van der Waals surface area contributed by atoms with Crippen molar-refractivity contribution in [3.8, 4) is 0 Å². The van der Waals surface area contributed by atoms with Crippen molar-refractivity contribution in [2.24, 2.45) is 0 Å². The Kier molecular flexibility index (Phi) is 4.73. The molecule has 0 spiro atoms. The number of aryl methyl sites for hydroxylation is 3. The molecule has 0 aliphatic rings. The topological polar surface area (TPSA) is 46.1 Å². The number of anilines is 2. The van der Waals surface area contributed by atoms with Crippen molar-refractivity contribution in [2.45, 2.75) is 41.0 Å². The minimum absolute atomic E-state index is 0.164. The van der Waals surface area contributed by atoms with Gasteiger partial charge in [0, 0.05) is 34.6 Å². The van der Waals surface area contributed by atoms with Gasteiger partial charge in [0.15, 0.2) is 5.78 Å². The summed E-state index contributed by atoms with van der Waals surface area (Å²) in [5, 5.41) is 1.95. The van der Waals surface area contributed by atoms with Crippen LogP contribution in [0.15, 0.2) is 11.4 Å². The summed E-state index contributed by atoms with van der Waals surface area (Å²) in [4.78, 5) is 24.4. The summed E-state index contributed by atoms with van der Waals surface area (Å²) in [7, 11) is 0. The van der Waals surface area contributed by atoms with E-state index in [-0.39, 0.29) is 5.78 Å². The molecule has 2 rings (SSSR count). The van der Waals surface area contributed by atoms with E-state index in [4.69, 9.17) is 0 Å². The quantitative estimate of drug-likeness (QED) is 0.776. The average molecular weight is 303 g/mol. The molecule has 0 atom stereocenters. The standard InChI is InChI=1S/C16H21N3OS/c1-6-14(20)13-9-21-12(5)15(13)19(7-2)16-17-10(3)8-11(4)18-16/h8-9H,6-7H2,1-5H3. The molecular formula is C16H21N3OS. The highest BCUT2D eigenvalue weighted by Crippen LogP contribution is 2.35. The fourth-order valence-corrected chi connectivity index (χ4v) is 3.27. The number of rotatable bonds is 5. The lowest BCUT2D eigenvalue weighted by molar-refractivity contribution is 0.0989. The van der Waals surface area contributed by atoms with Crippen LogP contribution in [0.3, 0.4) is 0 Å². The lowest BCUT2D eigenvalue weighted by Gasteiger charge is -2.23. The number of carbonyl (C=O) groups is 1. The van der Waals surface area contributed by atoms with Crippen LogP contribution >= 0.6 is 11.3 Å². The first kappa shape index (κ1) is 15.6. The van der Waals surface area contributed by atoms with Crippen LogP contribution in [0.4, 0.5) is 11.6 Å². The normalized spacial score (nSPS) is 10.7. The van der Waals surface area contributed by atoms with Crippen LogP contribution in [-0.4, -0.2) is 22.3 Å². The minimum Gasteiger partial charge on any atom is -0.309 e. The lowest BCUT2D eigenvalue weighted by atomic mass is 10.1. The summed E-state index contributed by atoms with van der Waals surface area (Å²) >= 11 is 1.60. The van der Waals surface area contributed by atoms with Crippen LogP contribution in [0, 0.1) is 20.8 Å². The van der Waals surface area contributed by atoms with Crippen LogP contribution in [0.2, 0.25) is 0 Å². The summed E-state index contributed by atoms with van der Waals surface area (Å²) in [6, 6.07) is 1.95. The molecule has 0 bridgehead atoms. The van der Waals surface area contributed by atoms with Gasteiger partial charge in [-0.15, -0.1) is 11.3 Å². The predicted molar refractivity (Wildman–Crippen MR) is 87.9 cm³/mol. The molecule has 4 nitrogen and oxygen atoms in total. The second kappa shape index (κ2) is 6.35. The molecule has 0 amide bonds. The first-order chi connectivity index (χ1) is 9.97. The zero-order valence-corrected chi connectivity index (χ0v) is 14.0. The highest BCUT2D eigenvalue weighted by Gasteiger charge is 2.22. The molecule has 0 fully saturated rings. The number of hydrogen-bond donors (Lipinski definition) is 0. The Labute approximate surface area is 129 Å². The maximum absolute atomic E-state index is 12.2. The minimum atomic E-state index is 0.164. The Balaban J connectivity index is 2.56. The van der Waals surface area contributed by atoms with Gasteiger partial charge in [-0.3, -0.25) is 4.79 Å². The molecule has 0 radical (unpaired) electrons. The Morgan fingerprint density at radius 1 is 1.19 bits per heavy atom. The molecule has 112 valence electrons. The van der Waals surface area contributed by atoms with Gasteiger partial charge in [-0.2, -0.15) is 0 Å². The van der Waals surface area contributed by atoms with Crippen molar-refractivity contribution in [1.82, 2.24) is 9.97 Å². The summed E-state index contributed by atoms with van der Waals surface area (Å²) in [5.41, 5.74) is 3.61. The van der Waals surface area contributed by atoms with Crippen molar-refractivity contribution in [3.63, 3.8) is 0 Å². The molecule has 0 aromatic carbocycles. The second-order valence-electron chi connectivity index (χ2n) is 5.03. The molecule has 21 heavy (non-hydrogen) atoms. The summed E-state index contributed by atoms with van der Waals surface area (Å²) in [5.74, 6) is 0.832. The van der Waals surface area contributed by atoms with Gasteiger partial charge in [0.25, 0.3) is 0 Å². The van der Waals surface area contributed by atoms with Gasteiger partial charge in [0.2, 0.25) is 5.95 Å². The van der Waals surface area contributed by atoms with Gasteiger partial charge in [-0.1, -0.05) is 6.92 Å². The van der Waals surface area contributed by atoms with Crippen LogP contribution in [0.25, 0.3) is 0 Å². The smallest absolute Gasteiger partial charge is 0.230 e. The van der Waals surface area contributed by atoms with E-state index >= 15 is 0 Å². The maximum Gasteiger partial charge on any atom is 0.230 e. The van der Waals surface area contributed by atoms with E-state index in [1.54, 1.807) is 11.3 Å². The Bertz CT molecular complexity index is 643. The third kappa shape index (κ3) is 3.13. The van der Waals surface area contributed by atoms with Gasteiger partial charge < -0.3 is 4.90 Å². The monoisotopic (exact) mass is 303 g/mol. The molecule has 2 aromatic heterocycles. The van der Waals surface area contributed by atoms with Crippen molar-refractivity contribution < 1.29 is 4.79 Å². The van der Waals surface area contributed by atoms with Crippen LogP contribution < -0.4 is 4.90 Å². The molecule has 0 aliphatic heterocycles. The van der Waals surface area contributed by atoms with E-state index < -0.39 is 0 Å². The van der Waals surface area contributed by atoms with Gasteiger partial charge in [0.05, 0.1) is 11.3 Å². The third-order valence-corrected chi connectivity index (χ3v) is 4.26. The SMILES string of the molecule is CCC(=O)c1csc(C)c1N(CC)c1nc(C)cc(C)n1. The number of carbonyl (C=O) groups excluding carboxylic acids is 1. The number of hydrogen-bond acceptors (Lipinski definition) is 5. The molecule has 0 unspecified atom stereocenters. The van der Waals surface area contributed by atoms with Crippen LogP contribution in [0.1, 0.15) is 46.9 Å². The number of Topliss-reactive ketones (excluding diaryl/α,β-unsaturated/α-hetero) is 1. The zero-order valence-electron chi connectivity index (χ0n) is 13.2. The van der Waals surface area contributed by atoms with Crippen molar-refractivity contribution >= 4 is 28.8 Å². The summed E-state index contributed by atoms with van der Waals surface area (Å²) in [6.07, 6.45) is 0.508. The van der Waals surface area contributed by atoms with E-state index in [0.29, 0.717) is 12.4 Å². The Morgan fingerprint density at radius 3 is 2.33 bits per heavy atom. The second-order valence-corrected chi connectivity index (χ2v) is 6.11. The first-order valence-electron chi connectivity index (χ1n) is 7.19. The van der Waals surface area contributed by atoms with E-state index in [2.05, 4.69) is 16.9 Å². The third-order valence-electron chi connectivity index (χ3n) is 3.36. The molecule has 0 saturated heterocycles. The van der Waals surface area contributed by atoms with Crippen molar-refractivity contribution in [3.05, 3.63) is 33.3 Å². The number of thiophene rings is 1. The van der Waals surface area contributed by atoms with Gasteiger partial charge in [-0.05, 0) is 33.8 Å². The summed E-state index contributed by atoms with van der Waals surface area (Å²) < 4.78 is 0. The van der Waals surface area contributed by atoms with Gasteiger partial charge in [-0.25, -0.2) is 9.97 Å². The number of nitrogens with zero attached hydrogens (tertiary/aromatic N) is 3. The Morgan fingerprint density at radius 2 is 1.81 bits per heavy atom. The predicted octanol–water partition coefficient (Wildman–Crippen LogP) is 4.21. The zero-order chi connectivity index (χ0) is 15.6. The Hall–Kier alpha value is -1.75. The number of aromatic nitrogens is 2. The molecule has 0 aliphatic carbocycles. The fourth-order valence-electron chi connectivity index (χ4n) is 2.40. The van der Waals surface area contributed by atoms with E-state index in [1.807, 2.05) is 44.0 Å². The van der Waals surface area contributed by atoms with Gasteiger partial charge >= 0.3 is 0 Å². The average Bonchev–Trinajstić information content (AvgIpc) is 2.80. The van der Waals surface area contributed by atoms with E-state index in [0.717, 1.165) is 34.1 Å². The maximum atomic E-state index is 12.2. The van der Waals surface area contributed by atoms with E-state index in [1.165, 1.54) is 0 Å². The molecule has 0 N–H and O–H groups in total. The van der Waals surface area contributed by atoms with Crippen molar-refractivity contribution in [1.29, 1.82) is 0 Å². The van der Waals surface area contributed by atoms with Crippen LogP contribution in [-0.2, 0) is 0 Å². The molecule has 2 heterocycles. The number of ketones is 1. The largest absolute Gasteiger partial charge is 0.309 e. The molecule has 5 heteroatoms. The summed E-state index contributed by atoms with van der Waals surface area (Å²) in [6.45, 7) is 10.6. The van der Waals surface area contributed by atoms with E-state index in [9.17, 15) is 4.79 Å².